The van der Waals surface area contributed by atoms with Crippen LogP contribution in [0.4, 0.5) is 8.78 Å². The van der Waals surface area contributed by atoms with Crippen molar-refractivity contribution in [1.82, 2.24) is 0 Å². The molecule has 33 heavy (non-hydrogen) atoms. The number of rotatable bonds is 7. The van der Waals surface area contributed by atoms with Gasteiger partial charge in [-0.15, -0.1) is 0 Å². The molecule has 0 aromatic carbocycles. The van der Waals surface area contributed by atoms with Gasteiger partial charge in [0.1, 0.15) is 0 Å². The van der Waals surface area contributed by atoms with Crippen LogP contribution in [0.15, 0.2) is 24.3 Å². The Labute approximate surface area is 200 Å². The van der Waals surface area contributed by atoms with Crippen LogP contribution in [-0.4, -0.2) is 19.5 Å². The third-order valence-electron chi connectivity index (χ3n) is 9.53. The smallest absolute Gasteiger partial charge is 0.266 e. The maximum atomic E-state index is 12.2. The second-order valence-electron chi connectivity index (χ2n) is 11.5. The van der Waals surface area contributed by atoms with E-state index in [9.17, 15) is 8.78 Å². The molecular formula is C29H46F2O2. The van der Waals surface area contributed by atoms with Crippen molar-refractivity contribution in [3.05, 3.63) is 24.3 Å². The van der Waals surface area contributed by atoms with E-state index in [1.807, 2.05) is 0 Å². The molecule has 0 atom stereocenters. The van der Waals surface area contributed by atoms with E-state index in [1.165, 1.54) is 77.0 Å². The van der Waals surface area contributed by atoms with Crippen molar-refractivity contribution in [3.8, 4) is 0 Å². The minimum absolute atomic E-state index is 0.0327. The zero-order valence-corrected chi connectivity index (χ0v) is 20.7. The van der Waals surface area contributed by atoms with Gasteiger partial charge in [0.15, 0.2) is 6.29 Å². The Hall–Kier alpha value is -0.740. The van der Waals surface area contributed by atoms with Gasteiger partial charge in [-0.1, -0.05) is 25.0 Å². The van der Waals surface area contributed by atoms with Crippen LogP contribution in [0.3, 0.4) is 0 Å². The van der Waals surface area contributed by atoms with Crippen LogP contribution in [-0.2, 0) is 9.47 Å². The predicted octanol–water partition coefficient (Wildman–Crippen LogP) is 8.53. The molecule has 0 amide bonds. The van der Waals surface area contributed by atoms with E-state index in [4.69, 9.17) is 9.47 Å². The summed E-state index contributed by atoms with van der Waals surface area (Å²) in [6, 6.07) is 0. The highest BCUT2D eigenvalue weighted by atomic mass is 19.3. The van der Waals surface area contributed by atoms with E-state index in [1.54, 1.807) is 0 Å². The van der Waals surface area contributed by atoms with Crippen molar-refractivity contribution in [2.75, 3.05) is 13.2 Å². The average molecular weight is 465 g/mol. The van der Waals surface area contributed by atoms with Crippen molar-refractivity contribution in [1.29, 1.82) is 0 Å². The normalized spacial score (nSPS) is 40.6. The Bertz CT molecular complexity index is 612. The Morgan fingerprint density at radius 2 is 1.15 bits per heavy atom. The van der Waals surface area contributed by atoms with Crippen molar-refractivity contribution >= 4 is 0 Å². The highest BCUT2D eigenvalue weighted by Gasteiger charge is 2.37. The minimum atomic E-state index is -1.51. The molecule has 0 radical (unpaired) electrons. The summed E-state index contributed by atoms with van der Waals surface area (Å²) in [5.41, 5.74) is 0. The van der Waals surface area contributed by atoms with Gasteiger partial charge in [0, 0.05) is 11.8 Å². The summed E-state index contributed by atoms with van der Waals surface area (Å²) in [6.07, 6.45) is 21.6. The number of allylic oxidation sites excluding steroid dienone is 2. The number of ether oxygens (including phenoxy) is 2. The van der Waals surface area contributed by atoms with Crippen molar-refractivity contribution < 1.29 is 18.3 Å². The molecule has 4 aliphatic rings. The fourth-order valence-electron chi connectivity index (χ4n) is 7.54. The molecule has 3 saturated carbocycles. The van der Waals surface area contributed by atoms with Crippen molar-refractivity contribution in [3.63, 3.8) is 0 Å². The molecule has 1 saturated heterocycles. The maximum Gasteiger partial charge on any atom is 0.266 e. The second kappa shape index (κ2) is 12.8. The van der Waals surface area contributed by atoms with E-state index in [0.717, 1.165) is 49.4 Å². The molecular weight excluding hydrogens is 418 g/mol. The summed E-state index contributed by atoms with van der Waals surface area (Å²) in [5.74, 6) is 5.38. The third kappa shape index (κ3) is 7.37. The molecule has 4 rings (SSSR count). The molecule has 0 spiro atoms. The van der Waals surface area contributed by atoms with Crippen LogP contribution in [0.25, 0.3) is 0 Å². The molecule has 188 valence electrons. The van der Waals surface area contributed by atoms with Crippen LogP contribution in [0.5, 0.6) is 0 Å². The lowest BCUT2D eigenvalue weighted by molar-refractivity contribution is -0.223. The molecule has 1 aliphatic heterocycles. The first-order chi connectivity index (χ1) is 16.1. The minimum Gasteiger partial charge on any atom is -0.352 e. The largest absolute Gasteiger partial charge is 0.352 e. The molecule has 4 heteroatoms. The van der Waals surface area contributed by atoms with Gasteiger partial charge in [0.2, 0.25) is 0 Å². The van der Waals surface area contributed by atoms with Gasteiger partial charge in [0.25, 0.3) is 6.08 Å². The topological polar surface area (TPSA) is 18.5 Å². The third-order valence-corrected chi connectivity index (χ3v) is 9.53. The van der Waals surface area contributed by atoms with Crippen LogP contribution in [0, 0.1) is 41.4 Å². The van der Waals surface area contributed by atoms with Crippen LogP contribution in [0.1, 0.15) is 96.8 Å². The molecule has 2 nitrogen and oxygen atoms in total. The maximum absolute atomic E-state index is 12.2. The van der Waals surface area contributed by atoms with Gasteiger partial charge >= 0.3 is 0 Å². The number of hydrogen-bond donors (Lipinski definition) is 0. The summed E-state index contributed by atoms with van der Waals surface area (Å²) >= 11 is 0. The summed E-state index contributed by atoms with van der Waals surface area (Å²) in [6.45, 7) is 3.69. The lowest BCUT2D eigenvalue weighted by Crippen LogP contribution is -2.39. The molecule has 0 aromatic rings. The Morgan fingerprint density at radius 3 is 1.61 bits per heavy atom. The second-order valence-corrected chi connectivity index (χ2v) is 11.5. The molecule has 0 aromatic heterocycles. The average Bonchev–Trinajstić information content (AvgIpc) is 2.85. The van der Waals surface area contributed by atoms with Gasteiger partial charge in [0.05, 0.1) is 13.2 Å². The monoisotopic (exact) mass is 464 g/mol. The number of halogens is 2. The Balaban J connectivity index is 1.11. The summed E-state index contributed by atoms with van der Waals surface area (Å²) in [4.78, 5) is 0. The van der Waals surface area contributed by atoms with Gasteiger partial charge in [-0.25, -0.2) is 0 Å². The van der Waals surface area contributed by atoms with E-state index >= 15 is 0 Å². The number of hydrogen-bond acceptors (Lipinski definition) is 2. The molecule has 0 bridgehead atoms. The molecule has 1 heterocycles. The van der Waals surface area contributed by atoms with E-state index in [-0.39, 0.29) is 6.29 Å². The van der Waals surface area contributed by atoms with Gasteiger partial charge in [-0.3, -0.25) is 0 Å². The summed E-state index contributed by atoms with van der Waals surface area (Å²) < 4.78 is 36.6. The first kappa shape index (κ1) is 25.4. The van der Waals surface area contributed by atoms with Gasteiger partial charge in [-0.2, -0.15) is 8.78 Å². The van der Waals surface area contributed by atoms with Crippen molar-refractivity contribution in [2.24, 2.45) is 41.4 Å². The lowest BCUT2D eigenvalue weighted by atomic mass is 9.65. The van der Waals surface area contributed by atoms with E-state index < -0.39 is 6.08 Å². The fourth-order valence-corrected chi connectivity index (χ4v) is 7.54. The van der Waals surface area contributed by atoms with E-state index in [2.05, 4.69) is 19.1 Å². The zero-order valence-electron chi connectivity index (χ0n) is 20.7. The van der Waals surface area contributed by atoms with Crippen molar-refractivity contribution in [2.45, 2.75) is 103 Å². The first-order valence-electron chi connectivity index (χ1n) is 14.0. The predicted molar refractivity (Wildman–Crippen MR) is 130 cm³/mol. The lowest BCUT2D eigenvalue weighted by Gasteiger charge is -2.42. The van der Waals surface area contributed by atoms with Crippen LogP contribution < -0.4 is 0 Å². The molecule has 3 aliphatic carbocycles. The van der Waals surface area contributed by atoms with E-state index in [0.29, 0.717) is 24.2 Å². The zero-order chi connectivity index (χ0) is 23.0. The highest BCUT2D eigenvalue weighted by molar-refractivity contribution is 4.89. The standard InChI is InChI=1S/C29H46F2O2/c1-2-4-22-19-32-29(33-20-22)27-17-15-26(16-18-27)25-13-11-24(12-14-25)23-9-7-21(8-10-23)5-3-6-28(30)31/h2,4,6,21-27,29H,3,5,7-20H2,1H3/b4-2+. The summed E-state index contributed by atoms with van der Waals surface area (Å²) in [5, 5.41) is 0. The first-order valence-corrected chi connectivity index (χ1v) is 14.0. The van der Waals surface area contributed by atoms with Gasteiger partial charge in [-0.05, 0) is 120 Å². The van der Waals surface area contributed by atoms with Crippen LogP contribution in [0.2, 0.25) is 0 Å². The SMILES string of the molecule is C/C=C/C1COC(C2CCC(C3CCC(C4CCC(CCC=C(F)F)CC4)CC3)CC2)OC1. The summed E-state index contributed by atoms with van der Waals surface area (Å²) in [7, 11) is 0. The van der Waals surface area contributed by atoms with Crippen LogP contribution >= 0.6 is 0 Å². The molecule has 0 N–H and O–H groups in total. The Morgan fingerprint density at radius 1 is 0.697 bits per heavy atom. The quantitative estimate of drug-likeness (QED) is 0.351. The molecule has 4 fully saturated rings. The van der Waals surface area contributed by atoms with Gasteiger partial charge < -0.3 is 9.47 Å². The Kier molecular flexibility index (Phi) is 9.85. The molecule has 0 unspecified atom stereocenters. The highest BCUT2D eigenvalue weighted by Crippen LogP contribution is 2.47. The fraction of sp³-hybridized carbons (Fsp3) is 0.862.